The number of nitrogens with one attached hydrogen (secondary N) is 1. The Hall–Kier alpha value is -0.250. The van der Waals surface area contributed by atoms with Gasteiger partial charge in [-0.15, -0.1) is 0 Å². The lowest BCUT2D eigenvalue weighted by Gasteiger charge is -2.28. The molecule has 1 N–H and O–H groups in total. The summed E-state index contributed by atoms with van der Waals surface area (Å²) >= 11 is 1.67. The van der Waals surface area contributed by atoms with Crippen molar-refractivity contribution in [3.05, 3.63) is 0 Å². The average Bonchev–Trinajstić information content (AvgIpc) is 2.71. The van der Waals surface area contributed by atoms with Gasteiger partial charge in [-0.3, -0.25) is 0 Å². The first-order chi connectivity index (χ1) is 8.43. The van der Waals surface area contributed by atoms with E-state index in [9.17, 15) is 13.7 Å². The topological polar surface area (TPSA) is 70.0 Å². The summed E-state index contributed by atoms with van der Waals surface area (Å²) in [6, 6.07) is 2.43. The Morgan fingerprint density at radius 1 is 1.50 bits per heavy atom. The van der Waals surface area contributed by atoms with Crippen LogP contribution in [0.4, 0.5) is 0 Å². The number of hydrogen-bond donors (Lipinski definition) is 1. The van der Waals surface area contributed by atoms with Gasteiger partial charge in [-0.1, -0.05) is 6.42 Å². The number of sulfone groups is 1. The minimum atomic E-state index is -2.84. The van der Waals surface area contributed by atoms with Gasteiger partial charge in [0.2, 0.25) is 0 Å². The summed E-state index contributed by atoms with van der Waals surface area (Å²) in [6.07, 6.45) is 5.39. The van der Waals surface area contributed by atoms with Crippen molar-refractivity contribution in [1.82, 2.24) is 5.32 Å². The van der Waals surface area contributed by atoms with Crippen molar-refractivity contribution in [3.8, 4) is 6.07 Å². The third-order valence-corrected chi connectivity index (χ3v) is 5.90. The molecule has 104 valence electrons. The van der Waals surface area contributed by atoms with Crippen LogP contribution in [0, 0.1) is 17.2 Å². The van der Waals surface area contributed by atoms with Crippen LogP contribution in [0.25, 0.3) is 0 Å². The van der Waals surface area contributed by atoms with Gasteiger partial charge in [-0.25, -0.2) is 8.42 Å². The van der Waals surface area contributed by atoms with E-state index in [1.165, 1.54) is 6.26 Å². The maximum Gasteiger partial charge on any atom is 0.148 e. The average molecular weight is 290 g/mol. The predicted octanol–water partition coefficient (Wildman–Crippen LogP) is 1.44. The number of nitrogens with zero attached hydrogens (tertiary/aromatic N) is 1. The number of rotatable bonds is 7. The highest BCUT2D eigenvalue weighted by Gasteiger charge is 2.41. The Morgan fingerprint density at radius 3 is 2.78 bits per heavy atom. The first kappa shape index (κ1) is 15.8. The molecule has 0 aliphatic heterocycles. The third kappa shape index (κ3) is 4.45. The van der Waals surface area contributed by atoms with Crippen LogP contribution in [-0.2, 0) is 9.84 Å². The molecule has 1 fully saturated rings. The molecule has 1 rings (SSSR count). The molecule has 0 saturated heterocycles. The maximum atomic E-state index is 11.0. The standard InChI is InChI=1S/C12H22N2O2S2/c1-14-12(10-13)6-3-4-11(12)5-7-17-8-9-18(2,15)16/h11,14H,3-9H2,1-2H3. The summed E-state index contributed by atoms with van der Waals surface area (Å²) in [5.41, 5.74) is -0.350. The first-order valence-electron chi connectivity index (χ1n) is 6.29. The molecule has 18 heavy (non-hydrogen) atoms. The second-order valence-electron chi connectivity index (χ2n) is 4.95. The Morgan fingerprint density at radius 2 is 2.22 bits per heavy atom. The second kappa shape index (κ2) is 6.78. The van der Waals surface area contributed by atoms with Gasteiger partial charge in [-0.05, 0) is 38.0 Å². The summed E-state index contributed by atoms with van der Waals surface area (Å²) in [5.74, 6) is 2.24. The van der Waals surface area contributed by atoms with Crippen molar-refractivity contribution in [2.24, 2.45) is 5.92 Å². The van der Waals surface area contributed by atoms with Crippen LogP contribution in [0.2, 0.25) is 0 Å². The van der Waals surface area contributed by atoms with E-state index in [0.29, 0.717) is 11.7 Å². The Kier molecular flexibility index (Phi) is 5.96. The Balaban J connectivity index is 2.29. The largest absolute Gasteiger partial charge is 0.302 e. The fourth-order valence-corrected chi connectivity index (χ4v) is 4.88. The molecule has 0 bridgehead atoms. The molecule has 1 aliphatic rings. The van der Waals surface area contributed by atoms with E-state index >= 15 is 0 Å². The van der Waals surface area contributed by atoms with Gasteiger partial charge in [0.25, 0.3) is 0 Å². The number of thioether (sulfide) groups is 1. The van der Waals surface area contributed by atoms with E-state index in [0.717, 1.165) is 31.4 Å². The van der Waals surface area contributed by atoms with Gasteiger partial charge in [0, 0.05) is 12.0 Å². The van der Waals surface area contributed by atoms with Crippen LogP contribution < -0.4 is 5.32 Å². The highest BCUT2D eigenvalue weighted by Crippen LogP contribution is 2.37. The zero-order valence-corrected chi connectivity index (χ0v) is 12.7. The molecule has 1 aliphatic carbocycles. The van der Waals surface area contributed by atoms with Crippen LogP contribution in [-0.4, -0.2) is 44.5 Å². The predicted molar refractivity (Wildman–Crippen MR) is 76.4 cm³/mol. The Bertz CT molecular complexity index is 403. The molecular formula is C12H22N2O2S2. The quantitative estimate of drug-likeness (QED) is 0.718. The summed E-state index contributed by atoms with van der Waals surface area (Å²) < 4.78 is 22.0. The molecule has 0 spiro atoms. The highest BCUT2D eigenvalue weighted by atomic mass is 32.2. The van der Waals surface area contributed by atoms with Crippen molar-refractivity contribution in [2.45, 2.75) is 31.2 Å². The summed E-state index contributed by atoms with van der Waals surface area (Å²) in [4.78, 5) is 0. The number of nitriles is 1. The van der Waals surface area contributed by atoms with Gasteiger partial charge < -0.3 is 5.32 Å². The van der Waals surface area contributed by atoms with Crippen LogP contribution in [0.1, 0.15) is 25.7 Å². The zero-order valence-electron chi connectivity index (χ0n) is 11.1. The molecule has 0 amide bonds. The molecule has 0 aromatic heterocycles. The molecule has 0 heterocycles. The van der Waals surface area contributed by atoms with E-state index in [2.05, 4.69) is 11.4 Å². The lowest BCUT2D eigenvalue weighted by molar-refractivity contribution is 0.332. The van der Waals surface area contributed by atoms with Crippen molar-refractivity contribution < 1.29 is 8.42 Å². The van der Waals surface area contributed by atoms with Crippen molar-refractivity contribution in [1.29, 1.82) is 5.26 Å². The summed E-state index contributed by atoms with van der Waals surface area (Å²) in [7, 11) is -0.982. The lowest BCUT2D eigenvalue weighted by atomic mass is 9.87. The minimum Gasteiger partial charge on any atom is -0.302 e. The van der Waals surface area contributed by atoms with Gasteiger partial charge in [0.15, 0.2) is 0 Å². The molecule has 0 radical (unpaired) electrons. The molecule has 0 aromatic carbocycles. The van der Waals surface area contributed by atoms with Crippen molar-refractivity contribution in [3.63, 3.8) is 0 Å². The van der Waals surface area contributed by atoms with E-state index in [4.69, 9.17) is 0 Å². The molecule has 2 unspecified atom stereocenters. The van der Waals surface area contributed by atoms with Crippen molar-refractivity contribution >= 4 is 21.6 Å². The molecule has 6 heteroatoms. The monoisotopic (exact) mass is 290 g/mol. The summed E-state index contributed by atoms with van der Waals surface area (Å²) in [5, 5.41) is 12.5. The van der Waals surface area contributed by atoms with Crippen LogP contribution >= 0.6 is 11.8 Å². The third-order valence-electron chi connectivity index (χ3n) is 3.68. The van der Waals surface area contributed by atoms with Crippen LogP contribution in [0.5, 0.6) is 0 Å². The van der Waals surface area contributed by atoms with E-state index in [1.54, 1.807) is 11.8 Å². The fourth-order valence-electron chi connectivity index (χ4n) is 2.54. The molecule has 1 saturated carbocycles. The lowest BCUT2D eigenvalue weighted by Crippen LogP contribution is -2.44. The van der Waals surface area contributed by atoms with E-state index < -0.39 is 9.84 Å². The number of hydrogen-bond acceptors (Lipinski definition) is 5. The van der Waals surface area contributed by atoms with Gasteiger partial charge in [-0.2, -0.15) is 17.0 Å². The molecule has 4 nitrogen and oxygen atoms in total. The second-order valence-corrected chi connectivity index (χ2v) is 8.44. The highest BCUT2D eigenvalue weighted by molar-refractivity contribution is 8.00. The van der Waals surface area contributed by atoms with E-state index in [1.807, 2.05) is 7.05 Å². The smallest absolute Gasteiger partial charge is 0.148 e. The zero-order chi connectivity index (χ0) is 13.6. The van der Waals surface area contributed by atoms with Gasteiger partial charge in [0.05, 0.1) is 11.8 Å². The van der Waals surface area contributed by atoms with Gasteiger partial charge >= 0.3 is 0 Å². The van der Waals surface area contributed by atoms with Crippen molar-refractivity contribution in [2.75, 3.05) is 30.6 Å². The minimum absolute atomic E-state index is 0.248. The first-order valence-corrected chi connectivity index (χ1v) is 9.51. The van der Waals surface area contributed by atoms with Gasteiger partial charge in [0.1, 0.15) is 15.4 Å². The maximum absolute atomic E-state index is 11.0. The Labute approximate surface area is 114 Å². The normalized spacial score (nSPS) is 28.2. The van der Waals surface area contributed by atoms with Crippen LogP contribution in [0.15, 0.2) is 0 Å². The van der Waals surface area contributed by atoms with Crippen LogP contribution in [0.3, 0.4) is 0 Å². The SMILES string of the molecule is CNC1(C#N)CCCC1CCSCCS(C)(=O)=O. The molecular weight excluding hydrogens is 268 g/mol. The van der Waals surface area contributed by atoms with E-state index in [-0.39, 0.29) is 11.3 Å². The molecule has 2 atom stereocenters. The molecule has 0 aromatic rings. The summed E-state index contributed by atoms with van der Waals surface area (Å²) in [6.45, 7) is 0. The fraction of sp³-hybridized carbons (Fsp3) is 0.917.